The Hall–Kier alpha value is -0.900. The van der Waals surface area contributed by atoms with Crippen molar-refractivity contribution >= 4 is 0 Å². The van der Waals surface area contributed by atoms with Gasteiger partial charge in [0.05, 0.1) is 6.10 Å². The molecule has 3 nitrogen and oxygen atoms in total. The van der Waals surface area contributed by atoms with E-state index in [1.54, 1.807) is 0 Å². The molecule has 2 N–H and O–H groups in total. The first-order valence-corrected chi connectivity index (χ1v) is 9.24. The second-order valence-corrected chi connectivity index (χ2v) is 7.42. The Kier molecular flexibility index (Phi) is 7.54. The number of hydrogen-bond donors (Lipinski definition) is 2. The van der Waals surface area contributed by atoms with Gasteiger partial charge in [0.25, 0.3) is 0 Å². The normalized spacial score (nSPS) is 18.5. The van der Waals surface area contributed by atoms with Crippen molar-refractivity contribution < 1.29 is 5.11 Å². The van der Waals surface area contributed by atoms with Gasteiger partial charge in [-0.2, -0.15) is 0 Å². The van der Waals surface area contributed by atoms with E-state index in [4.69, 9.17) is 0 Å². The molecule has 1 saturated heterocycles. The molecule has 130 valence electrons. The molecule has 1 aliphatic heterocycles. The van der Waals surface area contributed by atoms with Gasteiger partial charge in [-0.1, -0.05) is 43.7 Å². The fourth-order valence-electron chi connectivity index (χ4n) is 3.25. The highest BCUT2D eigenvalue weighted by molar-refractivity contribution is 5.22. The number of aryl methyl sites for hydroxylation is 1. The maximum atomic E-state index is 9.55. The molecular formula is C20H34N2O. The minimum Gasteiger partial charge on any atom is -0.393 e. The largest absolute Gasteiger partial charge is 0.393 e. The van der Waals surface area contributed by atoms with E-state index >= 15 is 0 Å². The van der Waals surface area contributed by atoms with Crippen LogP contribution < -0.4 is 5.32 Å². The summed E-state index contributed by atoms with van der Waals surface area (Å²) in [4.78, 5) is 2.48. The van der Waals surface area contributed by atoms with E-state index in [1.807, 2.05) is 0 Å². The first-order chi connectivity index (χ1) is 11.0. The second kappa shape index (κ2) is 9.41. The maximum Gasteiger partial charge on any atom is 0.0564 e. The lowest BCUT2D eigenvalue weighted by Crippen LogP contribution is -2.40. The van der Waals surface area contributed by atoms with Crippen LogP contribution in [0.5, 0.6) is 0 Å². The molecule has 3 heteroatoms. The molecule has 23 heavy (non-hydrogen) atoms. The molecule has 1 aliphatic rings. The standard InChI is InChI=1S/C20H34N2O/c1-16(2)20(15-18-7-5-17(3)6-8-18)21-11-4-12-22-13-9-19(23)10-14-22/h5-8,16,19-21,23H,4,9-15H2,1-3H3. The smallest absolute Gasteiger partial charge is 0.0564 e. The summed E-state index contributed by atoms with van der Waals surface area (Å²) in [6.07, 6.45) is 4.11. The maximum absolute atomic E-state index is 9.55. The summed E-state index contributed by atoms with van der Waals surface area (Å²) in [6.45, 7) is 11.1. The van der Waals surface area contributed by atoms with Crippen molar-refractivity contribution in [2.75, 3.05) is 26.2 Å². The lowest BCUT2D eigenvalue weighted by Gasteiger charge is -2.30. The average Bonchev–Trinajstić information content (AvgIpc) is 2.53. The number of piperidine rings is 1. The van der Waals surface area contributed by atoms with Crippen LogP contribution in [0, 0.1) is 12.8 Å². The lowest BCUT2D eigenvalue weighted by atomic mass is 9.96. The van der Waals surface area contributed by atoms with Crippen LogP contribution in [0.15, 0.2) is 24.3 Å². The second-order valence-electron chi connectivity index (χ2n) is 7.42. The van der Waals surface area contributed by atoms with Crippen LogP contribution in [0.25, 0.3) is 0 Å². The molecule has 1 unspecified atom stereocenters. The van der Waals surface area contributed by atoms with Gasteiger partial charge in [-0.3, -0.25) is 0 Å². The number of likely N-dealkylation sites (tertiary alicyclic amines) is 1. The van der Waals surface area contributed by atoms with Crippen molar-refractivity contribution in [3.63, 3.8) is 0 Å². The predicted molar refractivity (Wildman–Crippen MR) is 97.8 cm³/mol. The zero-order chi connectivity index (χ0) is 16.7. The molecular weight excluding hydrogens is 284 g/mol. The number of aliphatic hydroxyl groups is 1. The molecule has 1 heterocycles. The molecule has 0 aromatic heterocycles. The van der Waals surface area contributed by atoms with Gasteiger partial charge in [-0.25, -0.2) is 0 Å². The summed E-state index contributed by atoms with van der Waals surface area (Å²) in [6, 6.07) is 9.46. The van der Waals surface area contributed by atoms with Crippen LogP contribution in [0.4, 0.5) is 0 Å². The van der Waals surface area contributed by atoms with Crippen LogP contribution in [0.2, 0.25) is 0 Å². The summed E-state index contributed by atoms with van der Waals surface area (Å²) < 4.78 is 0. The molecule has 1 aromatic rings. The van der Waals surface area contributed by atoms with E-state index in [0.29, 0.717) is 12.0 Å². The minimum absolute atomic E-state index is 0.0656. The van der Waals surface area contributed by atoms with Gasteiger partial charge >= 0.3 is 0 Å². The molecule has 0 saturated carbocycles. The molecule has 0 bridgehead atoms. The monoisotopic (exact) mass is 318 g/mol. The van der Waals surface area contributed by atoms with Gasteiger partial charge in [0, 0.05) is 19.1 Å². The Labute approximate surface area is 142 Å². The molecule has 1 aromatic carbocycles. The van der Waals surface area contributed by atoms with E-state index in [9.17, 15) is 5.11 Å². The van der Waals surface area contributed by atoms with Crippen molar-refractivity contribution in [2.24, 2.45) is 5.92 Å². The SMILES string of the molecule is Cc1ccc(CC(NCCCN2CCC(O)CC2)C(C)C)cc1. The minimum atomic E-state index is -0.0656. The van der Waals surface area contributed by atoms with Gasteiger partial charge < -0.3 is 15.3 Å². The van der Waals surface area contributed by atoms with Gasteiger partial charge in [-0.05, 0) is 57.2 Å². The molecule has 0 amide bonds. The van der Waals surface area contributed by atoms with Crippen LogP contribution in [-0.4, -0.2) is 48.3 Å². The van der Waals surface area contributed by atoms with Crippen molar-refractivity contribution in [2.45, 2.75) is 58.6 Å². The van der Waals surface area contributed by atoms with Gasteiger partial charge in [0.15, 0.2) is 0 Å². The Balaban J connectivity index is 1.69. The molecule has 2 rings (SSSR count). The Morgan fingerprint density at radius 3 is 2.43 bits per heavy atom. The quantitative estimate of drug-likeness (QED) is 0.723. The highest BCUT2D eigenvalue weighted by Crippen LogP contribution is 2.12. The summed E-state index contributed by atoms with van der Waals surface area (Å²) in [7, 11) is 0. The van der Waals surface area contributed by atoms with Crippen molar-refractivity contribution in [3.05, 3.63) is 35.4 Å². The number of hydrogen-bond acceptors (Lipinski definition) is 3. The van der Waals surface area contributed by atoms with E-state index < -0.39 is 0 Å². The number of nitrogens with one attached hydrogen (secondary N) is 1. The Morgan fingerprint density at radius 2 is 1.83 bits per heavy atom. The van der Waals surface area contributed by atoms with E-state index in [1.165, 1.54) is 17.5 Å². The van der Waals surface area contributed by atoms with Crippen LogP contribution >= 0.6 is 0 Å². The number of rotatable bonds is 8. The topological polar surface area (TPSA) is 35.5 Å². The zero-order valence-corrected chi connectivity index (χ0v) is 15.1. The van der Waals surface area contributed by atoms with Crippen LogP contribution in [0.1, 0.15) is 44.2 Å². The fourth-order valence-corrected chi connectivity index (χ4v) is 3.25. The Morgan fingerprint density at radius 1 is 1.17 bits per heavy atom. The summed E-state index contributed by atoms with van der Waals surface area (Å²) in [5, 5.41) is 13.3. The number of benzene rings is 1. The number of nitrogens with zero attached hydrogens (tertiary/aromatic N) is 1. The van der Waals surface area contributed by atoms with E-state index in [0.717, 1.165) is 45.4 Å². The summed E-state index contributed by atoms with van der Waals surface area (Å²) in [5.74, 6) is 0.640. The highest BCUT2D eigenvalue weighted by Gasteiger charge is 2.17. The van der Waals surface area contributed by atoms with Crippen molar-refractivity contribution in [1.29, 1.82) is 0 Å². The number of aliphatic hydroxyl groups excluding tert-OH is 1. The van der Waals surface area contributed by atoms with Gasteiger partial charge in [0.2, 0.25) is 0 Å². The molecule has 0 radical (unpaired) electrons. The van der Waals surface area contributed by atoms with Crippen molar-refractivity contribution in [3.8, 4) is 0 Å². The predicted octanol–water partition coefficient (Wildman–Crippen LogP) is 3.00. The van der Waals surface area contributed by atoms with Crippen LogP contribution in [-0.2, 0) is 6.42 Å². The van der Waals surface area contributed by atoms with E-state index in [2.05, 4.69) is 55.3 Å². The first-order valence-electron chi connectivity index (χ1n) is 9.24. The van der Waals surface area contributed by atoms with Gasteiger partial charge in [-0.15, -0.1) is 0 Å². The van der Waals surface area contributed by atoms with Crippen LogP contribution in [0.3, 0.4) is 0 Å². The highest BCUT2D eigenvalue weighted by atomic mass is 16.3. The van der Waals surface area contributed by atoms with Gasteiger partial charge in [0.1, 0.15) is 0 Å². The lowest BCUT2D eigenvalue weighted by molar-refractivity contribution is 0.0819. The van der Waals surface area contributed by atoms with Crippen molar-refractivity contribution in [1.82, 2.24) is 10.2 Å². The molecule has 1 fully saturated rings. The zero-order valence-electron chi connectivity index (χ0n) is 15.1. The third kappa shape index (κ3) is 6.62. The fraction of sp³-hybridized carbons (Fsp3) is 0.700. The first kappa shape index (κ1) is 18.4. The Bertz CT molecular complexity index is 435. The summed E-state index contributed by atoms with van der Waals surface area (Å²) in [5.41, 5.74) is 2.75. The molecule has 1 atom stereocenters. The van der Waals surface area contributed by atoms with E-state index in [-0.39, 0.29) is 6.10 Å². The average molecular weight is 319 g/mol. The third-order valence-corrected chi connectivity index (χ3v) is 5.00. The summed E-state index contributed by atoms with van der Waals surface area (Å²) >= 11 is 0. The third-order valence-electron chi connectivity index (χ3n) is 5.00. The molecule has 0 aliphatic carbocycles. The molecule has 0 spiro atoms.